The van der Waals surface area contributed by atoms with Gasteiger partial charge in [0.2, 0.25) is 0 Å². The molecule has 0 radical (unpaired) electrons. The van der Waals surface area contributed by atoms with E-state index in [0.717, 1.165) is 16.0 Å². The summed E-state index contributed by atoms with van der Waals surface area (Å²) >= 11 is 5.94. The second-order valence-corrected chi connectivity index (χ2v) is 7.51. The number of nitrogens with one attached hydrogen (secondary N) is 1. The number of benzene rings is 2. The van der Waals surface area contributed by atoms with Gasteiger partial charge >= 0.3 is 12.0 Å². The molecule has 0 bridgehead atoms. The van der Waals surface area contributed by atoms with E-state index in [0.29, 0.717) is 35.1 Å². The second kappa shape index (κ2) is 10.7. The van der Waals surface area contributed by atoms with E-state index in [-0.39, 0.29) is 5.70 Å². The quantitative estimate of drug-likeness (QED) is 0.260. The Kier molecular flexibility index (Phi) is 7.74. The zero-order valence-electron chi connectivity index (χ0n) is 18.2. The van der Waals surface area contributed by atoms with Crippen molar-refractivity contribution in [2.75, 3.05) is 20.8 Å². The summed E-state index contributed by atoms with van der Waals surface area (Å²) in [5.41, 5.74) is 2.35. The smallest absolute Gasteiger partial charge is 0.329 e. The number of nitrogens with zero attached hydrogens (tertiary/aromatic N) is 1. The number of carbonyl (C=O) groups excluding carboxylic acids is 3. The first-order valence-corrected chi connectivity index (χ1v) is 10.3. The lowest BCUT2D eigenvalue weighted by Gasteiger charge is -2.16. The summed E-state index contributed by atoms with van der Waals surface area (Å²) in [5, 5.41) is 3.11. The molecule has 2 aromatic carbocycles. The maximum atomic E-state index is 12.6. The number of urea groups is 1. The normalized spacial score (nSPS) is 14.3. The third-order valence-corrected chi connectivity index (χ3v) is 5.07. The highest BCUT2D eigenvalue weighted by Gasteiger charge is 2.35. The molecule has 1 N–H and O–H groups in total. The number of methoxy groups -OCH3 is 2. The highest BCUT2D eigenvalue weighted by molar-refractivity contribution is 6.30. The van der Waals surface area contributed by atoms with E-state index in [1.54, 1.807) is 24.3 Å². The van der Waals surface area contributed by atoms with Crippen LogP contribution < -0.4 is 14.8 Å². The average molecular weight is 471 g/mol. The molecule has 1 fully saturated rings. The third kappa shape index (κ3) is 5.72. The van der Waals surface area contributed by atoms with Crippen LogP contribution in [0.5, 0.6) is 11.5 Å². The monoisotopic (exact) mass is 470 g/mol. The van der Waals surface area contributed by atoms with Crippen molar-refractivity contribution in [1.82, 2.24) is 10.2 Å². The topological polar surface area (TPSA) is 94.2 Å². The van der Waals surface area contributed by atoms with Crippen molar-refractivity contribution < 1.29 is 28.6 Å². The molecule has 172 valence electrons. The number of hydrogen-bond acceptors (Lipinski definition) is 6. The molecule has 1 aliphatic heterocycles. The minimum Gasteiger partial charge on any atom is -0.493 e. The van der Waals surface area contributed by atoms with Crippen LogP contribution in [0.2, 0.25) is 5.02 Å². The molecule has 33 heavy (non-hydrogen) atoms. The molecule has 9 heteroatoms. The number of esters is 1. The summed E-state index contributed by atoms with van der Waals surface area (Å²) < 4.78 is 16.1. The van der Waals surface area contributed by atoms with E-state index in [4.69, 9.17) is 21.1 Å². The van der Waals surface area contributed by atoms with Gasteiger partial charge in [0.25, 0.3) is 5.91 Å². The molecule has 2 aromatic rings. The number of hydrogen-bond donors (Lipinski definition) is 1. The van der Waals surface area contributed by atoms with Crippen molar-refractivity contribution in [3.63, 3.8) is 0 Å². The predicted octanol–water partition coefficient (Wildman–Crippen LogP) is 3.72. The molecule has 0 spiro atoms. The SMILES string of the molecule is C=CCc1cc(/C=C2/NC(=O)N(CC(=O)OC)C2=O)cc(OC)c1OCc1ccc(Cl)cc1. The first-order valence-electron chi connectivity index (χ1n) is 9.96. The molecule has 0 saturated carbocycles. The lowest BCUT2D eigenvalue weighted by molar-refractivity contribution is -0.143. The molecule has 1 aliphatic rings. The third-order valence-electron chi connectivity index (χ3n) is 4.82. The van der Waals surface area contributed by atoms with Crippen LogP contribution in [0.1, 0.15) is 16.7 Å². The number of halogens is 1. The fourth-order valence-electron chi connectivity index (χ4n) is 3.20. The summed E-state index contributed by atoms with van der Waals surface area (Å²) in [5.74, 6) is -0.323. The van der Waals surface area contributed by atoms with Crippen molar-refractivity contribution in [3.8, 4) is 11.5 Å². The Hall–Kier alpha value is -3.78. The van der Waals surface area contributed by atoms with Crippen LogP contribution in [0.3, 0.4) is 0 Å². The maximum Gasteiger partial charge on any atom is 0.329 e. The average Bonchev–Trinajstić information content (AvgIpc) is 3.06. The number of imide groups is 1. The van der Waals surface area contributed by atoms with Crippen molar-refractivity contribution in [1.29, 1.82) is 0 Å². The second-order valence-electron chi connectivity index (χ2n) is 7.07. The van der Waals surface area contributed by atoms with Crippen molar-refractivity contribution in [2.24, 2.45) is 0 Å². The highest BCUT2D eigenvalue weighted by Crippen LogP contribution is 2.35. The molecule has 3 amide bonds. The molecule has 1 saturated heterocycles. The van der Waals surface area contributed by atoms with Gasteiger partial charge in [-0.05, 0) is 47.9 Å². The maximum absolute atomic E-state index is 12.6. The first-order chi connectivity index (χ1) is 15.9. The first kappa shape index (κ1) is 23.9. The highest BCUT2D eigenvalue weighted by atomic mass is 35.5. The number of allylic oxidation sites excluding steroid dienone is 1. The van der Waals surface area contributed by atoms with Gasteiger partial charge in [-0.1, -0.05) is 29.8 Å². The Morgan fingerprint density at radius 1 is 1.18 bits per heavy atom. The fourth-order valence-corrected chi connectivity index (χ4v) is 3.33. The molecule has 0 aromatic heterocycles. The van der Waals surface area contributed by atoms with E-state index in [9.17, 15) is 14.4 Å². The molecular weight excluding hydrogens is 448 g/mol. The van der Waals surface area contributed by atoms with Crippen molar-refractivity contribution in [3.05, 3.63) is 76.5 Å². The van der Waals surface area contributed by atoms with Gasteiger partial charge in [-0.3, -0.25) is 9.59 Å². The number of amides is 3. The summed E-state index contributed by atoms with van der Waals surface area (Å²) in [6, 6.07) is 10.1. The molecular formula is C24H23ClN2O6. The lowest BCUT2D eigenvalue weighted by atomic mass is 10.0. The van der Waals surface area contributed by atoms with E-state index >= 15 is 0 Å². The van der Waals surface area contributed by atoms with Crippen LogP contribution in [0.4, 0.5) is 4.79 Å². The lowest BCUT2D eigenvalue weighted by Crippen LogP contribution is -2.36. The van der Waals surface area contributed by atoms with E-state index in [2.05, 4.69) is 16.6 Å². The van der Waals surface area contributed by atoms with E-state index in [1.807, 2.05) is 18.2 Å². The Morgan fingerprint density at radius 2 is 1.91 bits per heavy atom. The van der Waals surface area contributed by atoms with Gasteiger partial charge in [-0.2, -0.15) is 0 Å². The zero-order valence-corrected chi connectivity index (χ0v) is 19.0. The van der Waals surface area contributed by atoms with Gasteiger partial charge in [-0.15, -0.1) is 6.58 Å². The number of carbonyl (C=O) groups is 3. The minimum atomic E-state index is -0.697. The molecule has 1 heterocycles. The predicted molar refractivity (Wildman–Crippen MR) is 123 cm³/mol. The Labute approximate surface area is 196 Å². The van der Waals surface area contributed by atoms with E-state index < -0.39 is 24.5 Å². The van der Waals surface area contributed by atoms with Crippen molar-refractivity contribution >= 4 is 35.6 Å². The van der Waals surface area contributed by atoms with Crippen LogP contribution in [-0.4, -0.2) is 43.6 Å². The van der Waals surface area contributed by atoms with Gasteiger partial charge in [0.1, 0.15) is 18.8 Å². The Morgan fingerprint density at radius 3 is 2.55 bits per heavy atom. The van der Waals surface area contributed by atoms with Crippen LogP contribution in [-0.2, 0) is 27.4 Å². The molecule has 0 atom stereocenters. The summed E-state index contributed by atoms with van der Waals surface area (Å²) in [6.45, 7) is 3.62. The number of ether oxygens (including phenoxy) is 3. The van der Waals surface area contributed by atoms with Gasteiger partial charge in [-0.25, -0.2) is 9.69 Å². The van der Waals surface area contributed by atoms with Crippen LogP contribution >= 0.6 is 11.6 Å². The van der Waals surface area contributed by atoms with Gasteiger partial charge in [0, 0.05) is 10.6 Å². The van der Waals surface area contributed by atoms with E-state index in [1.165, 1.54) is 20.3 Å². The van der Waals surface area contributed by atoms with Crippen molar-refractivity contribution in [2.45, 2.75) is 13.0 Å². The molecule has 0 aliphatic carbocycles. The van der Waals surface area contributed by atoms with Gasteiger partial charge in [0.05, 0.1) is 14.2 Å². The van der Waals surface area contributed by atoms with Gasteiger partial charge < -0.3 is 19.5 Å². The Balaban J connectivity index is 1.89. The Bertz CT molecular complexity index is 1110. The fraction of sp³-hybridized carbons (Fsp3) is 0.208. The molecule has 3 rings (SSSR count). The summed E-state index contributed by atoms with van der Waals surface area (Å²) in [6.07, 6.45) is 3.72. The number of rotatable bonds is 9. The standard InChI is InChI=1S/C24H23ClN2O6/c1-4-5-17-10-16(11-19-23(29)27(24(30)26-19)13-21(28)32-3)12-20(31-2)22(17)33-14-15-6-8-18(25)9-7-15/h4,6-12H,1,5,13-14H2,2-3H3,(H,26,30)/b19-11+. The van der Waals surface area contributed by atoms with Crippen LogP contribution in [0.25, 0.3) is 6.08 Å². The van der Waals surface area contributed by atoms with Gasteiger partial charge in [0.15, 0.2) is 11.5 Å². The molecule has 8 nitrogen and oxygen atoms in total. The largest absolute Gasteiger partial charge is 0.493 e. The minimum absolute atomic E-state index is 0.0327. The molecule has 0 unspecified atom stereocenters. The zero-order chi connectivity index (χ0) is 24.0. The van der Waals surface area contributed by atoms with Crippen LogP contribution in [0, 0.1) is 0 Å². The van der Waals surface area contributed by atoms with Crippen LogP contribution in [0.15, 0.2) is 54.8 Å². The summed E-state index contributed by atoms with van der Waals surface area (Å²) in [7, 11) is 2.70. The summed E-state index contributed by atoms with van der Waals surface area (Å²) in [4.78, 5) is 36.9.